The maximum atomic E-state index is 12.0. The molecule has 0 atom stereocenters. The highest BCUT2D eigenvalue weighted by molar-refractivity contribution is 9.10. The number of hydrogen-bond acceptors (Lipinski definition) is 3. The monoisotopic (exact) mass is 380 g/mol. The fourth-order valence-corrected chi connectivity index (χ4v) is 3.02. The highest BCUT2D eigenvalue weighted by atomic mass is 79.9. The van der Waals surface area contributed by atoms with Crippen molar-refractivity contribution < 1.29 is 9.59 Å². The van der Waals surface area contributed by atoms with Crippen LogP contribution < -0.4 is 5.32 Å². The molecule has 2 aromatic rings. The van der Waals surface area contributed by atoms with Crippen molar-refractivity contribution in [2.45, 2.75) is 12.8 Å². The topological polar surface area (TPSA) is 49.4 Å². The summed E-state index contributed by atoms with van der Waals surface area (Å²) in [5.74, 6) is -0.244. The van der Waals surface area contributed by atoms with Crippen LogP contribution in [0, 0.1) is 0 Å². The molecule has 0 radical (unpaired) electrons. The Bertz CT molecular complexity index is 643. The molecule has 22 heavy (non-hydrogen) atoms. The number of thiophene rings is 1. The molecule has 2 rings (SSSR count). The zero-order valence-electron chi connectivity index (χ0n) is 12.2. The predicted octanol–water partition coefficient (Wildman–Crippen LogP) is 3.54. The van der Waals surface area contributed by atoms with Gasteiger partial charge in [0.1, 0.15) is 0 Å². The Morgan fingerprint density at radius 1 is 1.27 bits per heavy atom. The van der Waals surface area contributed by atoms with Crippen molar-refractivity contribution >= 4 is 44.8 Å². The standard InChI is InChI=1S/C16H17BrN2O2S/c1-19(16(21)7-6-12-8-9-22-11-12)10-15(20)18-14-5-3-2-4-13(14)17/h2-5,8-9,11H,6-7,10H2,1H3,(H,18,20). The van der Waals surface area contributed by atoms with Crippen LogP contribution in [0.15, 0.2) is 45.6 Å². The molecular weight excluding hydrogens is 364 g/mol. The molecule has 0 saturated heterocycles. The summed E-state index contributed by atoms with van der Waals surface area (Å²) in [5, 5.41) is 6.82. The Labute approximate surface area is 142 Å². The second kappa shape index (κ2) is 8.10. The van der Waals surface area contributed by atoms with E-state index in [0.717, 1.165) is 10.0 Å². The SMILES string of the molecule is CN(CC(=O)Nc1ccccc1Br)C(=O)CCc1ccsc1. The number of rotatable bonds is 6. The number of likely N-dealkylation sites (N-methyl/N-ethyl adjacent to an activating group) is 1. The van der Waals surface area contributed by atoms with Gasteiger partial charge in [-0.3, -0.25) is 9.59 Å². The number of halogens is 1. The summed E-state index contributed by atoms with van der Waals surface area (Å²) in [6, 6.07) is 9.39. The summed E-state index contributed by atoms with van der Waals surface area (Å²) < 4.78 is 0.815. The molecule has 0 aliphatic rings. The van der Waals surface area contributed by atoms with E-state index in [9.17, 15) is 9.59 Å². The molecule has 1 N–H and O–H groups in total. The lowest BCUT2D eigenvalue weighted by Crippen LogP contribution is -2.35. The number of nitrogens with one attached hydrogen (secondary N) is 1. The number of nitrogens with zero attached hydrogens (tertiary/aromatic N) is 1. The molecule has 6 heteroatoms. The van der Waals surface area contributed by atoms with Crippen LogP contribution in [0.1, 0.15) is 12.0 Å². The van der Waals surface area contributed by atoms with Gasteiger partial charge in [0.2, 0.25) is 11.8 Å². The van der Waals surface area contributed by atoms with Gasteiger partial charge in [-0.25, -0.2) is 0 Å². The Morgan fingerprint density at radius 3 is 2.73 bits per heavy atom. The molecule has 2 amide bonds. The zero-order chi connectivity index (χ0) is 15.9. The van der Waals surface area contributed by atoms with Crippen LogP contribution in [-0.4, -0.2) is 30.3 Å². The number of anilines is 1. The number of para-hydroxylation sites is 1. The fraction of sp³-hybridized carbons (Fsp3) is 0.250. The minimum Gasteiger partial charge on any atom is -0.336 e. The first-order chi connectivity index (χ1) is 10.6. The van der Waals surface area contributed by atoms with E-state index in [4.69, 9.17) is 0 Å². The molecule has 0 unspecified atom stereocenters. The summed E-state index contributed by atoms with van der Waals surface area (Å²) in [6.45, 7) is 0.0454. The Hall–Kier alpha value is -1.66. The van der Waals surface area contributed by atoms with Gasteiger partial charge in [-0.2, -0.15) is 11.3 Å². The first-order valence-electron chi connectivity index (χ1n) is 6.85. The van der Waals surface area contributed by atoms with Gasteiger partial charge >= 0.3 is 0 Å². The van der Waals surface area contributed by atoms with Crippen molar-refractivity contribution in [2.24, 2.45) is 0 Å². The molecule has 0 aliphatic carbocycles. The molecule has 1 aromatic heterocycles. The summed E-state index contributed by atoms with van der Waals surface area (Å²) in [7, 11) is 1.65. The van der Waals surface area contributed by atoms with Gasteiger partial charge in [-0.15, -0.1) is 0 Å². The summed E-state index contributed by atoms with van der Waals surface area (Å²) in [6.07, 6.45) is 1.12. The number of aryl methyl sites for hydroxylation is 1. The smallest absolute Gasteiger partial charge is 0.244 e. The molecule has 0 spiro atoms. The van der Waals surface area contributed by atoms with E-state index in [-0.39, 0.29) is 18.4 Å². The van der Waals surface area contributed by atoms with Gasteiger partial charge in [0.25, 0.3) is 0 Å². The van der Waals surface area contributed by atoms with E-state index >= 15 is 0 Å². The van der Waals surface area contributed by atoms with E-state index < -0.39 is 0 Å². The van der Waals surface area contributed by atoms with Crippen LogP contribution in [0.25, 0.3) is 0 Å². The normalized spacial score (nSPS) is 10.3. The van der Waals surface area contributed by atoms with E-state index in [1.165, 1.54) is 4.90 Å². The van der Waals surface area contributed by atoms with Crippen LogP contribution >= 0.6 is 27.3 Å². The van der Waals surface area contributed by atoms with Crippen LogP contribution in [0.3, 0.4) is 0 Å². The van der Waals surface area contributed by atoms with Crippen molar-refractivity contribution in [1.29, 1.82) is 0 Å². The van der Waals surface area contributed by atoms with Gasteiger partial charge in [0, 0.05) is 17.9 Å². The van der Waals surface area contributed by atoms with Crippen LogP contribution in [0.2, 0.25) is 0 Å². The second-order valence-electron chi connectivity index (χ2n) is 4.91. The van der Waals surface area contributed by atoms with Gasteiger partial charge in [0.15, 0.2) is 0 Å². The summed E-state index contributed by atoms with van der Waals surface area (Å²) in [4.78, 5) is 25.5. The van der Waals surface area contributed by atoms with Crippen LogP contribution in [-0.2, 0) is 16.0 Å². The Morgan fingerprint density at radius 2 is 2.05 bits per heavy atom. The molecule has 0 saturated carbocycles. The lowest BCUT2D eigenvalue weighted by Gasteiger charge is -2.17. The number of carbonyl (C=O) groups excluding carboxylic acids is 2. The van der Waals surface area contributed by atoms with Crippen molar-refractivity contribution in [3.8, 4) is 0 Å². The first kappa shape index (κ1) is 16.7. The molecular formula is C16H17BrN2O2S. The van der Waals surface area contributed by atoms with E-state index in [0.29, 0.717) is 18.5 Å². The van der Waals surface area contributed by atoms with Crippen molar-refractivity contribution in [1.82, 2.24) is 4.90 Å². The van der Waals surface area contributed by atoms with Gasteiger partial charge in [-0.05, 0) is 56.9 Å². The average molecular weight is 381 g/mol. The lowest BCUT2D eigenvalue weighted by atomic mass is 10.2. The Kier molecular flexibility index (Phi) is 6.15. The Balaban J connectivity index is 1.80. The summed E-state index contributed by atoms with van der Waals surface area (Å²) in [5.41, 5.74) is 1.86. The zero-order valence-corrected chi connectivity index (χ0v) is 14.6. The molecule has 1 heterocycles. The number of benzene rings is 1. The van der Waals surface area contributed by atoms with Crippen LogP contribution in [0.4, 0.5) is 5.69 Å². The molecule has 0 fully saturated rings. The van der Waals surface area contributed by atoms with Gasteiger partial charge in [-0.1, -0.05) is 12.1 Å². The second-order valence-corrected chi connectivity index (χ2v) is 6.54. The molecule has 0 aliphatic heterocycles. The number of amides is 2. The molecule has 0 bridgehead atoms. The quantitative estimate of drug-likeness (QED) is 0.832. The van der Waals surface area contributed by atoms with Crippen molar-refractivity contribution in [3.63, 3.8) is 0 Å². The van der Waals surface area contributed by atoms with Crippen LogP contribution in [0.5, 0.6) is 0 Å². The van der Waals surface area contributed by atoms with Crippen molar-refractivity contribution in [2.75, 3.05) is 18.9 Å². The minimum atomic E-state index is -0.210. The maximum absolute atomic E-state index is 12.0. The van der Waals surface area contributed by atoms with E-state index in [1.54, 1.807) is 24.5 Å². The highest BCUT2D eigenvalue weighted by Crippen LogP contribution is 2.21. The summed E-state index contributed by atoms with van der Waals surface area (Å²) >= 11 is 4.99. The van der Waals surface area contributed by atoms with E-state index in [2.05, 4.69) is 21.2 Å². The van der Waals surface area contributed by atoms with Crippen molar-refractivity contribution in [3.05, 3.63) is 51.1 Å². The largest absolute Gasteiger partial charge is 0.336 e. The molecule has 116 valence electrons. The number of carbonyl (C=O) groups is 2. The van der Waals surface area contributed by atoms with E-state index in [1.807, 2.05) is 35.0 Å². The van der Waals surface area contributed by atoms with Gasteiger partial charge in [0.05, 0.1) is 12.2 Å². The van der Waals surface area contributed by atoms with Gasteiger partial charge < -0.3 is 10.2 Å². The fourth-order valence-electron chi connectivity index (χ4n) is 1.93. The molecule has 4 nitrogen and oxygen atoms in total. The third-order valence-corrected chi connectivity index (χ3v) is 4.59. The first-order valence-corrected chi connectivity index (χ1v) is 8.59. The third-order valence-electron chi connectivity index (χ3n) is 3.16. The average Bonchev–Trinajstić information content (AvgIpc) is 3.00. The predicted molar refractivity (Wildman–Crippen MR) is 93.0 cm³/mol. The lowest BCUT2D eigenvalue weighted by molar-refractivity contribution is -0.133. The maximum Gasteiger partial charge on any atom is 0.244 e. The number of hydrogen-bond donors (Lipinski definition) is 1. The minimum absolute atomic E-state index is 0.0338. The highest BCUT2D eigenvalue weighted by Gasteiger charge is 2.13. The molecule has 1 aromatic carbocycles. The third kappa shape index (κ3) is 4.96.